The number of carbonyl (C=O) groups is 1. The van der Waals surface area contributed by atoms with Crippen LogP contribution in [-0.4, -0.2) is 34.2 Å². The fourth-order valence-electron chi connectivity index (χ4n) is 4.42. The minimum atomic E-state index is -4.04. The number of carbonyl (C=O) groups excluding carboxylic acids is 1. The Kier molecular flexibility index (Phi) is 7.29. The molecule has 0 aliphatic carbocycles. The van der Waals surface area contributed by atoms with Gasteiger partial charge in [-0.25, -0.2) is 13.8 Å². The van der Waals surface area contributed by atoms with Crippen molar-refractivity contribution in [3.63, 3.8) is 0 Å². The van der Waals surface area contributed by atoms with Gasteiger partial charge < -0.3 is 4.74 Å². The number of amides is 1. The van der Waals surface area contributed by atoms with Gasteiger partial charge in [-0.2, -0.15) is 5.10 Å². The first-order valence-corrected chi connectivity index (χ1v) is 13.8. The van der Waals surface area contributed by atoms with Crippen LogP contribution in [0.15, 0.2) is 113 Å². The van der Waals surface area contributed by atoms with Gasteiger partial charge in [-0.3, -0.25) is 9.10 Å². The van der Waals surface area contributed by atoms with Crippen molar-refractivity contribution in [1.29, 1.82) is 0 Å². The Bertz CT molecular complexity index is 1730. The third-order valence-electron chi connectivity index (χ3n) is 6.45. The van der Waals surface area contributed by atoms with E-state index in [4.69, 9.17) is 4.74 Å². The molecule has 0 aliphatic rings. The van der Waals surface area contributed by atoms with Gasteiger partial charge in [-0.15, -0.1) is 0 Å². The fourth-order valence-corrected chi connectivity index (χ4v) is 5.84. The number of anilines is 1. The number of rotatable bonds is 8. The lowest BCUT2D eigenvalue weighted by Crippen LogP contribution is -2.39. The highest BCUT2D eigenvalue weighted by Crippen LogP contribution is 2.28. The molecule has 196 valence electrons. The number of ether oxygens (including phenoxy) is 1. The summed E-state index contributed by atoms with van der Waals surface area (Å²) in [7, 11) is -2.51. The summed E-state index contributed by atoms with van der Waals surface area (Å²) < 4.78 is 33.5. The maximum atomic E-state index is 13.6. The number of aryl methyl sites for hydroxylation is 1. The molecular formula is C31H27N3O4S. The lowest BCUT2D eigenvalue weighted by molar-refractivity contribution is -0.119. The van der Waals surface area contributed by atoms with Crippen LogP contribution in [-0.2, 0) is 14.8 Å². The zero-order chi connectivity index (χ0) is 27.4. The van der Waals surface area contributed by atoms with Crippen molar-refractivity contribution in [1.82, 2.24) is 5.43 Å². The van der Waals surface area contributed by atoms with Crippen LogP contribution in [0.4, 0.5) is 5.69 Å². The van der Waals surface area contributed by atoms with Crippen LogP contribution >= 0.6 is 0 Å². The average molecular weight is 538 g/mol. The van der Waals surface area contributed by atoms with Crippen LogP contribution in [0.5, 0.6) is 5.75 Å². The number of nitrogens with one attached hydrogen (secondary N) is 1. The van der Waals surface area contributed by atoms with Gasteiger partial charge in [0.2, 0.25) is 0 Å². The lowest BCUT2D eigenvalue weighted by atomic mass is 9.97. The third-order valence-corrected chi connectivity index (χ3v) is 8.24. The van der Waals surface area contributed by atoms with E-state index in [2.05, 4.69) is 16.6 Å². The molecule has 5 aromatic carbocycles. The van der Waals surface area contributed by atoms with E-state index in [-0.39, 0.29) is 4.90 Å². The van der Waals surface area contributed by atoms with Crippen molar-refractivity contribution in [3.05, 3.63) is 114 Å². The maximum absolute atomic E-state index is 13.6. The molecule has 8 heteroatoms. The Hall–Kier alpha value is -4.69. The minimum Gasteiger partial charge on any atom is -0.497 e. The third kappa shape index (κ3) is 5.46. The molecule has 0 saturated heterocycles. The molecule has 5 rings (SSSR count). The molecule has 0 spiro atoms. The van der Waals surface area contributed by atoms with Crippen molar-refractivity contribution >= 4 is 49.4 Å². The number of hydrogen-bond donors (Lipinski definition) is 1. The van der Waals surface area contributed by atoms with Crippen LogP contribution in [0.3, 0.4) is 0 Å². The normalized spacial score (nSPS) is 11.6. The highest BCUT2D eigenvalue weighted by atomic mass is 32.2. The van der Waals surface area contributed by atoms with E-state index in [0.29, 0.717) is 11.4 Å². The zero-order valence-corrected chi connectivity index (χ0v) is 22.4. The van der Waals surface area contributed by atoms with Crippen molar-refractivity contribution in [2.75, 3.05) is 18.0 Å². The van der Waals surface area contributed by atoms with E-state index in [1.165, 1.54) is 19.2 Å². The molecule has 0 fully saturated rings. The molecule has 5 aromatic rings. The lowest BCUT2D eigenvalue weighted by Gasteiger charge is -2.24. The number of sulfonamides is 1. The number of nitrogens with zero attached hydrogens (tertiary/aromatic N) is 2. The molecule has 0 bridgehead atoms. The summed E-state index contributed by atoms with van der Waals surface area (Å²) in [6.07, 6.45) is 1.61. The first-order valence-electron chi connectivity index (χ1n) is 12.3. The van der Waals surface area contributed by atoms with Gasteiger partial charge in [0.15, 0.2) is 0 Å². The molecule has 0 heterocycles. The molecule has 1 N–H and O–H groups in total. The number of hydrazone groups is 1. The van der Waals surface area contributed by atoms with E-state index in [0.717, 1.165) is 37.0 Å². The largest absolute Gasteiger partial charge is 0.497 e. The van der Waals surface area contributed by atoms with Gasteiger partial charge in [0.25, 0.3) is 15.9 Å². The van der Waals surface area contributed by atoms with Gasteiger partial charge in [-0.05, 0) is 70.9 Å². The Morgan fingerprint density at radius 3 is 2.05 bits per heavy atom. The zero-order valence-electron chi connectivity index (χ0n) is 21.5. The second-order valence-corrected chi connectivity index (χ2v) is 10.9. The first-order chi connectivity index (χ1) is 18.9. The molecule has 1 amide bonds. The van der Waals surface area contributed by atoms with Crippen LogP contribution in [0.25, 0.3) is 21.5 Å². The highest BCUT2D eigenvalue weighted by Gasteiger charge is 2.27. The highest BCUT2D eigenvalue weighted by molar-refractivity contribution is 7.92. The summed E-state index contributed by atoms with van der Waals surface area (Å²) in [5.74, 6) is -0.00917. The van der Waals surface area contributed by atoms with E-state index in [1.807, 2.05) is 55.5 Å². The molecular weight excluding hydrogens is 510 g/mol. The van der Waals surface area contributed by atoms with Crippen molar-refractivity contribution in [2.45, 2.75) is 11.8 Å². The fraction of sp³-hybridized carbons (Fsp3) is 0.0968. The van der Waals surface area contributed by atoms with Gasteiger partial charge in [-0.1, -0.05) is 66.2 Å². The quantitative estimate of drug-likeness (QED) is 0.157. The number of benzene rings is 5. The Labute approximate surface area is 227 Å². The average Bonchev–Trinajstić information content (AvgIpc) is 2.96. The Morgan fingerprint density at radius 2 is 1.46 bits per heavy atom. The van der Waals surface area contributed by atoms with Crippen molar-refractivity contribution in [3.8, 4) is 5.75 Å². The van der Waals surface area contributed by atoms with Crippen LogP contribution in [0.1, 0.15) is 11.1 Å². The molecule has 0 aromatic heterocycles. The standard InChI is InChI=1S/C31H27N3O4S/c1-22-11-17-27(18-12-22)39(36,37)34(25-13-15-26(38-2)16-14-25)21-31(35)33-32-20-30-28-9-5-3-7-23(28)19-24-8-4-6-10-29(24)30/h3-20H,21H2,1-2H3,(H,33,35)/b32-20+. The molecule has 0 unspecified atom stereocenters. The van der Waals surface area contributed by atoms with Crippen LogP contribution < -0.4 is 14.5 Å². The first kappa shape index (κ1) is 25.9. The van der Waals surface area contributed by atoms with Gasteiger partial charge >= 0.3 is 0 Å². The topological polar surface area (TPSA) is 88.1 Å². The van der Waals surface area contributed by atoms with Crippen molar-refractivity contribution < 1.29 is 17.9 Å². The van der Waals surface area contributed by atoms with Gasteiger partial charge in [0.1, 0.15) is 12.3 Å². The van der Waals surface area contributed by atoms with E-state index >= 15 is 0 Å². The Morgan fingerprint density at radius 1 is 0.872 bits per heavy atom. The smallest absolute Gasteiger partial charge is 0.264 e. The maximum Gasteiger partial charge on any atom is 0.264 e. The SMILES string of the molecule is COc1ccc(N(CC(=O)N/N=C/c2c3ccccc3cc3ccccc23)S(=O)(=O)c2ccc(C)cc2)cc1. The second-order valence-electron chi connectivity index (χ2n) is 9.05. The molecule has 0 saturated carbocycles. The summed E-state index contributed by atoms with van der Waals surface area (Å²) in [4.78, 5) is 13.1. The van der Waals surface area contributed by atoms with Gasteiger partial charge in [0, 0.05) is 5.56 Å². The second kappa shape index (κ2) is 11.0. The van der Waals surface area contributed by atoms with E-state index < -0.39 is 22.5 Å². The van der Waals surface area contributed by atoms with Crippen LogP contribution in [0.2, 0.25) is 0 Å². The molecule has 39 heavy (non-hydrogen) atoms. The van der Waals surface area contributed by atoms with E-state index in [9.17, 15) is 13.2 Å². The summed E-state index contributed by atoms with van der Waals surface area (Å²) in [5.41, 5.74) is 4.64. The summed E-state index contributed by atoms with van der Waals surface area (Å²) in [6.45, 7) is 1.42. The predicted octanol–water partition coefficient (Wildman–Crippen LogP) is 5.66. The number of hydrogen-bond acceptors (Lipinski definition) is 5. The molecule has 7 nitrogen and oxygen atoms in total. The molecule has 0 radical (unpaired) electrons. The van der Waals surface area contributed by atoms with Gasteiger partial charge in [0.05, 0.1) is 23.9 Å². The number of fused-ring (bicyclic) bond motifs is 2. The molecule has 0 aliphatic heterocycles. The minimum absolute atomic E-state index is 0.0856. The van der Waals surface area contributed by atoms with E-state index in [1.54, 1.807) is 42.6 Å². The van der Waals surface area contributed by atoms with Crippen LogP contribution in [0, 0.1) is 6.92 Å². The molecule has 0 atom stereocenters. The van der Waals surface area contributed by atoms with Crippen molar-refractivity contribution in [2.24, 2.45) is 5.10 Å². The Balaban J connectivity index is 1.44. The summed E-state index contributed by atoms with van der Waals surface area (Å²) in [5, 5.41) is 8.32. The summed E-state index contributed by atoms with van der Waals surface area (Å²) >= 11 is 0. The number of methoxy groups -OCH3 is 1. The predicted molar refractivity (Wildman–Crippen MR) is 156 cm³/mol. The summed E-state index contributed by atoms with van der Waals surface area (Å²) in [6, 6.07) is 31.0. The monoisotopic (exact) mass is 537 g/mol.